The molecule has 2 saturated carbocycles. The number of rotatable bonds is 14. The van der Waals surface area contributed by atoms with Gasteiger partial charge in [0.1, 0.15) is 23.8 Å². The Kier molecular flexibility index (Phi) is 14.0. The molecule has 2 heterocycles. The van der Waals surface area contributed by atoms with Crippen LogP contribution in [0.4, 0.5) is 5.69 Å². The number of amides is 5. The van der Waals surface area contributed by atoms with Gasteiger partial charge in [-0.2, -0.15) is 0 Å². The molecule has 1 aromatic heterocycles. The molecule has 298 valence electrons. The zero-order valence-corrected chi connectivity index (χ0v) is 32.9. The predicted octanol–water partition coefficient (Wildman–Crippen LogP) is 3.87. The van der Waals surface area contributed by atoms with E-state index < -0.39 is 59.0 Å². The molecule has 3 fully saturated rings. The average Bonchev–Trinajstić information content (AvgIpc) is 3.58. The lowest BCUT2D eigenvalue weighted by molar-refractivity contribution is -0.147. The number of fused-ring (bicyclic) bond motifs is 1. The lowest BCUT2D eigenvalue weighted by atomic mass is 9.81. The first kappa shape index (κ1) is 41.3. The maximum Gasteiger partial charge on any atom is 0.308 e. The number of carbonyl (C=O) groups excluding carboxylic acids is 6. The zero-order chi connectivity index (χ0) is 39.7. The van der Waals surface area contributed by atoms with Crippen LogP contribution in [0.15, 0.2) is 48.9 Å². The summed E-state index contributed by atoms with van der Waals surface area (Å²) < 4.78 is 0. The summed E-state index contributed by atoms with van der Waals surface area (Å²) >= 11 is 0. The first-order valence-electron chi connectivity index (χ1n) is 19.9. The van der Waals surface area contributed by atoms with Gasteiger partial charge in [0.2, 0.25) is 23.5 Å². The van der Waals surface area contributed by atoms with E-state index >= 15 is 0 Å². The fraction of sp³-hybridized carbons (Fsp3) is 0.610. The van der Waals surface area contributed by atoms with Gasteiger partial charge in [-0.05, 0) is 67.9 Å². The number of benzene rings is 1. The molecule has 6 atom stereocenters. The van der Waals surface area contributed by atoms with Crippen LogP contribution in [-0.2, 0) is 24.0 Å². The summed E-state index contributed by atoms with van der Waals surface area (Å²) in [7, 11) is 1.63. The molecule has 4 N–H and O–H groups in total. The van der Waals surface area contributed by atoms with E-state index in [4.69, 9.17) is 0 Å². The molecule has 0 radical (unpaired) electrons. The third kappa shape index (κ3) is 10.3. The third-order valence-corrected chi connectivity index (χ3v) is 11.4. The van der Waals surface area contributed by atoms with E-state index in [9.17, 15) is 28.8 Å². The number of ketones is 1. The first-order valence-corrected chi connectivity index (χ1v) is 19.9. The van der Waals surface area contributed by atoms with Gasteiger partial charge in [0.05, 0.1) is 17.9 Å². The van der Waals surface area contributed by atoms with Gasteiger partial charge >= 0.3 is 5.91 Å². The molecule has 14 heteroatoms. The van der Waals surface area contributed by atoms with Gasteiger partial charge in [-0.3, -0.25) is 44.2 Å². The number of Topliss-reactive ketones (excluding diaryl/α,β-unsaturated/α-hetero) is 1. The number of carbonyl (C=O) groups is 6. The van der Waals surface area contributed by atoms with Crippen molar-refractivity contribution in [1.29, 1.82) is 0 Å². The van der Waals surface area contributed by atoms with E-state index in [-0.39, 0.29) is 35.9 Å². The van der Waals surface area contributed by atoms with Gasteiger partial charge in [0, 0.05) is 25.5 Å². The second kappa shape index (κ2) is 18.6. The van der Waals surface area contributed by atoms with Crippen molar-refractivity contribution >= 4 is 41.0 Å². The van der Waals surface area contributed by atoms with E-state index in [1.54, 1.807) is 24.1 Å². The first-order chi connectivity index (χ1) is 26.3. The Morgan fingerprint density at radius 1 is 0.891 bits per heavy atom. The van der Waals surface area contributed by atoms with Gasteiger partial charge in [0.25, 0.3) is 5.91 Å². The highest BCUT2D eigenvalue weighted by atomic mass is 16.2. The number of hydrogen-bond acceptors (Lipinski definition) is 9. The predicted molar refractivity (Wildman–Crippen MR) is 207 cm³/mol. The van der Waals surface area contributed by atoms with E-state index in [2.05, 4.69) is 31.3 Å². The van der Waals surface area contributed by atoms with Crippen molar-refractivity contribution in [2.24, 2.45) is 17.3 Å². The van der Waals surface area contributed by atoms with Crippen molar-refractivity contribution in [3.63, 3.8) is 0 Å². The quantitative estimate of drug-likeness (QED) is 0.164. The van der Waals surface area contributed by atoms with E-state index in [0.29, 0.717) is 18.5 Å². The van der Waals surface area contributed by atoms with Crippen molar-refractivity contribution in [1.82, 2.24) is 36.2 Å². The largest absolute Gasteiger partial charge is 0.344 e. The molecule has 0 unspecified atom stereocenters. The summed E-state index contributed by atoms with van der Waals surface area (Å²) in [5.41, 5.74) is 2.61. The minimum Gasteiger partial charge on any atom is -0.344 e. The number of hydrogen-bond donors (Lipinski definition) is 4. The molecule has 55 heavy (non-hydrogen) atoms. The SMILES string of the molecule is CCC[C@H](NC(=O)[C@@H]1C[C@@H]2CCCC[C@@H]2N1C(=O)[C@@H](NC(=O)[C@@H](NC(=O)c1cnccn1)C1CCCCC1)C(C)(C)C)C(=O)C(=O)NN(C)c1ccccc1. The summed E-state index contributed by atoms with van der Waals surface area (Å²) in [5.74, 6) is -3.53. The molecule has 5 rings (SSSR count). The number of anilines is 1. The van der Waals surface area contributed by atoms with Crippen LogP contribution < -0.4 is 26.4 Å². The van der Waals surface area contributed by atoms with Crippen molar-refractivity contribution in [2.45, 2.75) is 135 Å². The van der Waals surface area contributed by atoms with E-state index in [1.807, 2.05) is 45.9 Å². The standard InChI is InChI=1S/C41H58N8O6/c1-6-15-29(34(50)39(54)47-48(5)28-19-11-8-12-20-28)44-37(52)32-24-27-18-13-14-21-31(27)49(32)40(55)35(41(2,3)4)46-38(53)33(26-16-9-7-10-17-26)45-36(51)30-25-42-22-23-43-30/h8,11-12,19-20,22-23,25-27,29,31-33,35H,6-7,9-10,13-18,21,24H2,1-5H3,(H,44,52)(H,45,51)(H,46,53)(H,47,54)/t27-,29-,31-,32-,33-,35+/m0/s1. The fourth-order valence-corrected chi connectivity index (χ4v) is 8.44. The van der Waals surface area contributed by atoms with Crippen LogP contribution >= 0.6 is 0 Å². The van der Waals surface area contributed by atoms with Gasteiger partial charge in [0.15, 0.2) is 0 Å². The molecular weight excluding hydrogens is 701 g/mol. The molecule has 3 aliphatic rings. The van der Waals surface area contributed by atoms with Gasteiger partial charge in [-0.25, -0.2) is 4.98 Å². The highest BCUT2D eigenvalue weighted by Crippen LogP contribution is 2.41. The summed E-state index contributed by atoms with van der Waals surface area (Å²) in [5, 5.41) is 10.3. The smallest absolute Gasteiger partial charge is 0.308 e. The zero-order valence-electron chi connectivity index (χ0n) is 32.9. The van der Waals surface area contributed by atoms with Crippen molar-refractivity contribution < 1.29 is 28.8 Å². The molecule has 1 aliphatic heterocycles. The summed E-state index contributed by atoms with van der Waals surface area (Å²) in [6, 6.07) is 4.94. The lowest BCUT2D eigenvalue weighted by Gasteiger charge is -2.40. The normalized spacial score (nSPS) is 21.6. The van der Waals surface area contributed by atoms with Gasteiger partial charge in [-0.1, -0.05) is 84.4 Å². The second-order valence-corrected chi connectivity index (χ2v) is 16.4. The topological polar surface area (TPSA) is 183 Å². The fourth-order valence-electron chi connectivity index (χ4n) is 8.44. The third-order valence-electron chi connectivity index (χ3n) is 11.4. The molecule has 14 nitrogen and oxygen atoms in total. The number of aromatic nitrogens is 2. The van der Waals surface area contributed by atoms with E-state index in [1.165, 1.54) is 23.6 Å². The van der Waals surface area contributed by atoms with Gasteiger partial charge in [-0.15, -0.1) is 0 Å². The molecular formula is C41H58N8O6. The maximum absolute atomic E-state index is 14.9. The number of hydrazine groups is 1. The number of likely N-dealkylation sites (tertiary alicyclic amines) is 1. The summed E-state index contributed by atoms with van der Waals surface area (Å²) in [4.78, 5) is 93.2. The monoisotopic (exact) mass is 758 g/mol. The number of nitrogens with zero attached hydrogens (tertiary/aromatic N) is 4. The highest BCUT2D eigenvalue weighted by molar-refractivity contribution is 6.38. The van der Waals surface area contributed by atoms with E-state index in [0.717, 1.165) is 57.8 Å². The Morgan fingerprint density at radius 2 is 1.58 bits per heavy atom. The average molecular weight is 759 g/mol. The highest BCUT2D eigenvalue weighted by Gasteiger charge is 2.51. The van der Waals surface area contributed by atoms with Crippen LogP contribution in [-0.4, -0.2) is 87.4 Å². The Hall–Kier alpha value is -4.88. The Morgan fingerprint density at radius 3 is 2.24 bits per heavy atom. The molecule has 0 bridgehead atoms. The van der Waals surface area contributed by atoms with Crippen molar-refractivity contribution in [2.75, 3.05) is 12.1 Å². The van der Waals surface area contributed by atoms with Crippen LogP contribution in [0.5, 0.6) is 0 Å². The minimum atomic E-state index is -1.09. The molecule has 0 spiro atoms. The molecule has 2 aliphatic carbocycles. The van der Waals surface area contributed by atoms with Crippen LogP contribution in [0.1, 0.15) is 115 Å². The Balaban J connectivity index is 1.36. The van der Waals surface area contributed by atoms with Crippen molar-refractivity contribution in [3.05, 3.63) is 54.6 Å². The number of nitrogens with one attached hydrogen (secondary N) is 4. The lowest BCUT2D eigenvalue weighted by Crippen LogP contribution is -2.63. The van der Waals surface area contributed by atoms with Crippen molar-refractivity contribution in [3.8, 4) is 0 Å². The molecule has 1 aromatic carbocycles. The molecule has 2 aromatic rings. The molecule has 5 amide bonds. The maximum atomic E-state index is 14.9. The summed E-state index contributed by atoms with van der Waals surface area (Å²) in [6.07, 6.45) is 13.3. The number of para-hydroxylation sites is 1. The summed E-state index contributed by atoms with van der Waals surface area (Å²) in [6.45, 7) is 7.48. The Labute approximate surface area is 324 Å². The molecule has 1 saturated heterocycles. The van der Waals surface area contributed by atoms with Gasteiger partial charge < -0.3 is 20.9 Å². The van der Waals surface area contributed by atoms with Crippen LogP contribution in [0, 0.1) is 17.3 Å². The van der Waals surface area contributed by atoms with Crippen LogP contribution in [0.25, 0.3) is 0 Å². The second-order valence-electron chi connectivity index (χ2n) is 16.4. The minimum absolute atomic E-state index is 0.0779. The van der Waals surface area contributed by atoms with Crippen LogP contribution in [0.3, 0.4) is 0 Å². The Bertz CT molecular complexity index is 1660. The van der Waals surface area contributed by atoms with Crippen LogP contribution in [0.2, 0.25) is 0 Å².